The second-order valence-corrected chi connectivity index (χ2v) is 5.14. The lowest BCUT2D eigenvalue weighted by Gasteiger charge is -2.25. The van der Waals surface area contributed by atoms with E-state index in [-0.39, 0.29) is 11.8 Å². The Morgan fingerprint density at radius 3 is 3.00 bits per heavy atom. The van der Waals surface area contributed by atoms with Crippen molar-refractivity contribution >= 4 is 5.91 Å². The maximum Gasteiger partial charge on any atom is 0.227 e. The minimum absolute atomic E-state index is 0.0771. The molecule has 0 bridgehead atoms. The van der Waals surface area contributed by atoms with Crippen molar-refractivity contribution in [3.05, 3.63) is 29.8 Å². The van der Waals surface area contributed by atoms with Crippen LogP contribution in [0.2, 0.25) is 0 Å². The lowest BCUT2D eigenvalue weighted by atomic mass is 9.92. The molecule has 0 spiro atoms. The van der Waals surface area contributed by atoms with Gasteiger partial charge in [0.2, 0.25) is 5.91 Å². The molecule has 4 heteroatoms. The maximum absolute atomic E-state index is 12.3. The third-order valence-corrected chi connectivity index (χ3v) is 3.45. The molecule has 1 aliphatic heterocycles. The zero-order valence-corrected chi connectivity index (χ0v) is 11.6. The Morgan fingerprint density at radius 2 is 2.21 bits per heavy atom. The molecule has 104 valence electrons. The number of para-hydroxylation sites is 1. The topological polar surface area (TPSA) is 50.4 Å². The first-order valence-corrected chi connectivity index (χ1v) is 6.86. The summed E-state index contributed by atoms with van der Waals surface area (Å²) in [5.74, 6) is 1.31. The largest absolute Gasteiger partial charge is 0.493 e. The molecule has 0 radical (unpaired) electrons. The third kappa shape index (κ3) is 3.47. The fourth-order valence-corrected chi connectivity index (χ4v) is 2.43. The van der Waals surface area contributed by atoms with Crippen molar-refractivity contribution in [2.45, 2.75) is 19.3 Å². The van der Waals surface area contributed by atoms with Crippen LogP contribution in [0.4, 0.5) is 0 Å². The SMILES string of the molecule is CNCC(C)CNC(=O)C1CCOc2ccccc21. The van der Waals surface area contributed by atoms with Crippen molar-refractivity contribution < 1.29 is 9.53 Å². The zero-order valence-electron chi connectivity index (χ0n) is 11.6. The van der Waals surface area contributed by atoms with Crippen LogP contribution < -0.4 is 15.4 Å². The molecule has 1 aromatic carbocycles. The molecular weight excluding hydrogens is 240 g/mol. The molecule has 0 fully saturated rings. The van der Waals surface area contributed by atoms with Gasteiger partial charge in [-0.15, -0.1) is 0 Å². The summed E-state index contributed by atoms with van der Waals surface area (Å²) in [4.78, 5) is 12.3. The van der Waals surface area contributed by atoms with E-state index in [4.69, 9.17) is 4.74 Å². The summed E-state index contributed by atoms with van der Waals surface area (Å²) in [6.07, 6.45) is 0.753. The zero-order chi connectivity index (χ0) is 13.7. The predicted octanol–water partition coefficient (Wildman–Crippen LogP) is 1.52. The van der Waals surface area contributed by atoms with Crippen LogP contribution in [0.15, 0.2) is 24.3 Å². The molecule has 0 saturated heterocycles. The molecule has 1 amide bonds. The summed E-state index contributed by atoms with van der Waals surface area (Å²) in [6.45, 7) is 4.35. The molecule has 1 aliphatic rings. The van der Waals surface area contributed by atoms with E-state index in [2.05, 4.69) is 17.6 Å². The molecule has 2 N–H and O–H groups in total. The summed E-state index contributed by atoms with van der Waals surface area (Å²) >= 11 is 0. The summed E-state index contributed by atoms with van der Waals surface area (Å²) in [5, 5.41) is 6.16. The van der Waals surface area contributed by atoms with Gasteiger partial charge in [-0.2, -0.15) is 0 Å². The summed E-state index contributed by atoms with van der Waals surface area (Å²) < 4.78 is 5.58. The lowest BCUT2D eigenvalue weighted by molar-refractivity contribution is -0.123. The lowest BCUT2D eigenvalue weighted by Crippen LogP contribution is -2.36. The molecule has 1 heterocycles. The van der Waals surface area contributed by atoms with Crippen LogP contribution in [-0.2, 0) is 4.79 Å². The Kier molecular flexibility index (Phi) is 4.80. The molecule has 0 aromatic heterocycles. The maximum atomic E-state index is 12.3. The molecule has 19 heavy (non-hydrogen) atoms. The van der Waals surface area contributed by atoms with Gasteiger partial charge in [-0.05, 0) is 32.0 Å². The molecule has 4 nitrogen and oxygen atoms in total. The molecule has 2 rings (SSSR count). The number of carbonyl (C=O) groups is 1. The van der Waals surface area contributed by atoms with Gasteiger partial charge in [-0.25, -0.2) is 0 Å². The van der Waals surface area contributed by atoms with Gasteiger partial charge in [0, 0.05) is 12.1 Å². The highest BCUT2D eigenvalue weighted by atomic mass is 16.5. The van der Waals surface area contributed by atoms with E-state index < -0.39 is 0 Å². The monoisotopic (exact) mass is 262 g/mol. The van der Waals surface area contributed by atoms with Gasteiger partial charge in [0.05, 0.1) is 12.5 Å². The van der Waals surface area contributed by atoms with Crippen LogP contribution in [0, 0.1) is 5.92 Å². The average Bonchev–Trinajstić information content (AvgIpc) is 2.44. The van der Waals surface area contributed by atoms with Gasteiger partial charge in [0.15, 0.2) is 0 Å². The second kappa shape index (κ2) is 6.57. The van der Waals surface area contributed by atoms with E-state index in [0.717, 1.165) is 24.3 Å². The Balaban J connectivity index is 1.97. The van der Waals surface area contributed by atoms with Crippen molar-refractivity contribution in [3.63, 3.8) is 0 Å². The molecule has 0 saturated carbocycles. The van der Waals surface area contributed by atoms with Gasteiger partial charge in [0.25, 0.3) is 0 Å². The fraction of sp³-hybridized carbons (Fsp3) is 0.533. The first-order chi connectivity index (χ1) is 9.22. The van der Waals surface area contributed by atoms with Crippen LogP contribution in [-0.4, -0.2) is 32.7 Å². The number of ether oxygens (including phenoxy) is 1. The number of hydrogen-bond donors (Lipinski definition) is 2. The van der Waals surface area contributed by atoms with E-state index in [0.29, 0.717) is 19.1 Å². The van der Waals surface area contributed by atoms with Crippen molar-refractivity contribution in [1.82, 2.24) is 10.6 Å². The first-order valence-electron chi connectivity index (χ1n) is 6.86. The Hall–Kier alpha value is -1.55. The number of benzene rings is 1. The van der Waals surface area contributed by atoms with Gasteiger partial charge in [-0.3, -0.25) is 4.79 Å². The third-order valence-electron chi connectivity index (χ3n) is 3.45. The first kappa shape index (κ1) is 13.9. The van der Waals surface area contributed by atoms with Crippen LogP contribution in [0.3, 0.4) is 0 Å². The minimum atomic E-state index is -0.0771. The molecule has 2 atom stereocenters. The highest BCUT2D eigenvalue weighted by Gasteiger charge is 2.27. The van der Waals surface area contributed by atoms with Gasteiger partial charge < -0.3 is 15.4 Å². The number of fused-ring (bicyclic) bond motifs is 1. The van der Waals surface area contributed by atoms with E-state index in [1.165, 1.54) is 0 Å². The molecule has 0 aliphatic carbocycles. The number of amides is 1. The van der Waals surface area contributed by atoms with Crippen molar-refractivity contribution in [2.75, 3.05) is 26.7 Å². The van der Waals surface area contributed by atoms with Crippen molar-refractivity contribution in [3.8, 4) is 5.75 Å². The van der Waals surface area contributed by atoms with Crippen LogP contribution in [0.25, 0.3) is 0 Å². The van der Waals surface area contributed by atoms with Crippen molar-refractivity contribution in [1.29, 1.82) is 0 Å². The smallest absolute Gasteiger partial charge is 0.227 e. The number of nitrogens with one attached hydrogen (secondary N) is 2. The Bertz CT molecular complexity index is 434. The molecule has 1 aromatic rings. The average molecular weight is 262 g/mol. The summed E-state index contributed by atoms with van der Waals surface area (Å²) in [5.41, 5.74) is 1.01. The van der Waals surface area contributed by atoms with Crippen LogP contribution in [0.5, 0.6) is 5.75 Å². The summed E-state index contributed by atoms with van der Waals surface area (Å²) in [6, 6.07) is 7.81. The number of rotatable bonds is 5. The van der Waals surface area contributed by atoms with Gasteiger partial charge in [0.1, 0.15) is 5.75 Å². The highest BCUT2D eigenvalue weighted by molar-refractivity contribution is 5.84. The number of carbonyl (C=O) groups excluding carboxylic acids is 1. The van der Waals surface area contributed by atoms with Gasteiger partial charge in [-0.1, -0.05) is 25.1 Å². The van der Waals surface area contributed by atoms with E-state index in [9.17, 15) is 4.79 Å². The Labute approximate surface area is 114 Å². The predicted molar refractivity (Wildman–Crippen MR) is 75.4 cm³/mol. The highest BCUT2D eigenvalue weighted by Crippen LogP contribution is 2.33. The fourth-order valence-electron chi connectivity index (χ4n) is 2.43. The summed E-state index contributed by atoms with van der Waals surface area (Å²) in [7, 11) is 1.92. The Morgan fingerprint density at radius 1 is 1.42 bits per heavy atom. The molecule has 2 unspecified atom stereocenters. The quantitative estimate of drug-likeness (QED) is 0.846. The second-order valence-electron chi connectivity index (χ2n) is 5.14. The van der Waals surface area contributed by atoms with E-state index in [1.807, 2.05) is 31.3 Å². The van der Waals surface area contributed by atoms with Crippen molar-refractivity contribution in [2.24, 2.45) is 5.92 Å². The minimum Gasteiger partial charge on any atom is -0.493 e. The van der Waals surface area contributed by atoms with Crippen LogP contribution >= 0.6 is 0 Å². The normalized spacial score (nSPS) is 19.2. The van der Waals surface area contributed by atoms with Crippen LogP contribution in [0.1, 0.15) is 24.8 Å². The molecular formula is C15H22N2O2. The van der Waals surface area contributed by atoms with E-state index >= 15 is 0 Å². The van der Waals surface area contributed by atoms with Gasteiger partial charge >= 0.3 is 0 Å². The number of hydrogen-bond acceptors (Lipinski definition) is 3. The van der Waals surface area contributed by atoms with E-state index in [1.54, 1.807) is 0 Å². The standard InChI is InChI=1S/C15H22N2O2/c1-11(9-16-2)10-17-15(18)13-7-8-19-14-6-4-3-5-12(13)14/h3-6,11,13,16H,7-10H2,1-2H3,(H,17,18).